The number of aryl methyl sites for hydroxylation is 1. The van der Waals surface area contributed by atoms with E-state index in [9.17, 15) is 9.59 Å². The van der Waals surface area contributed by atoms with Gasteiger partial charge in [0.25, 0.3) is 0 Å². The highest BCUT2D eigenvalue weighted by atomic mass is 16.2. The zero-order valence-electron chi connectivity index (χ0n) is 14.2. The molecule has 2 rings (SSSR count). The van der Waals surface area contributed by atoms with Crippen molar-refractivity contribution in [1.29, 1.82) is 0 Å². The Balaban J connectivity index is 1.79. The quantitative estimate of drug-likeness (QED) is 0.776. The molecule has 0 aromatic carbocycles. The molecule has 2 heterocycles. The van der Waals surface area contributed by atoms with Crippen molar-refractivity contribution < 1.29 is 9.59 Å². The van der Waals surface area contributed by atoms with Gasteiger partial charge in [-0.15, -0.1) is 0 Å². The predicted octanol–water partition coefficient (Wildman–Crippen LogP) is 2.12. The van der Waals surface area contributed by atoms with Crippen LogP contribution >= 0.6 is 0 Å². The third-order valence-electron chi connectivity index (χ3n) is 3.92. The molecule has 1 aliphatic heterocycles. The molecule has 1 aliphatic rings. The van der Waals surface area contributed by atoms with Crippen molar-refractivity contribution in [3.63, 3.8) is 0 Å². The minimum atomic E-state index is -0.0501. The summed E-state index contributed by atoms with van der Waals surface area (Å²) in [5.74, 6) is 1.14. The smallest absolute Gasteiger partial charge is 0.317 e. The number of rotatable bonds is 5. The summed E-state index contributed by atoms with van der Waals surface area (Å²) in [6.07, 6.45) is 2.33. The van der Waals surface area contributed by atoms with Crippen molar-refractivity contribution >= 4 is 17.8 Å². The molecule has 0 spiro atoms. The van der Waals surface area contributed by atoms with E-state index in [0.717, 1.165) is 25.1 Å². The number of amides is 3. The number of hydrogen-bond acceptors (Lipinski definition) is 3. The van der Waals surface area contributed by atoms with Crippen LogP contribution in [-0.2, 0) is 4.79 Å². The maximum atomic E-state index is 12.1. The molecule has 0 unspecified atom stereocenters. The van der Waals surface area contributed by atoms with E-state index in [1.54, 1.807) is 6.07 Å². The first-order valence-electron chi connectivity index (χ1n) is 8.28. The fraction of sp³-hybridized carbons (Fsp3) is 0.688. The number of hydrogen-bond donors (Lipinski definition) is 3. The Labute approximate surface area is 137 Å². The SMILES string of the molecule is Cc1cc(NC(=O)C[C@@H]2CCCN(C(=O)NCC(C)C)C2)n[nH]1. The van der Waals surface area contributed by atoms with Gasteiger partial charge in [0.2, 0.25) is 5.91 Å². The van der Waals surface area contributed by atoms with Crippen molar-refractivity contribution in [1.82, 2.24) is 20.4 Å². The Morgan fingerprint density at radius 2 is 2.26 bits per heavy atom. The van der Waals surface area contributed by atoms with Crippen LogP contribution in [0, 0.1) is 18.8 Å². The standard InChI is InChI=1S/C16H27N5O2/c1-11(2)9-17-16(23)21-6-4-5-13(10-21)8-15(22)18-14-7-12(3)19-20-14/h7,11,13H,4-6,8-10H2,1-3H3,(H,17,23)(H2,18,19,20,22)/t13-/m0/s1. The lowest BCUT2D eigenvalue weighted by molar-refractivity contribution is -0.117. The van der Waals surface area contributed by atoms with Gasteiger partial charge >= 0.3 is 6.03 Å². The summed E-state index contributed by atoms with van der Waals surface area (Å²) in [6, 6.07) is 1.77. The van der Waals surface area contributed by atoms with Crippen LogP contribution in [0.2, 0.25) is 0 Å². The largest absolute Gasteiger partial charge is 0.338 e. The highest BCUT2D eigenvalue weighted by Crippen LogP contribution is 2.20. The third-order valence-corrected chi connectivity index (χ3v) is 3.92. The van der Waals surface area contributed by atoms with Crippen molar-refractivity contribution in [3.05, 3.63) is 11.8 Å². The number of nitrogens with zero attached hydrogens (tertiary/aromatic N) is 2. The second-order valence-corrected chi connectivity index (χ2v) is 6.72. The first-order valence-corrected chi connectivity index (χ1v) is 8.28. The Morgan fingerprint density at radius 1 is 1.48 bits per heavy atom. The van der Waals surface area contributed by atoms with E-state index >= 15 is 0 Å². The number of carbonyl (C=O) groups excluding carboxylic acids is 2. The summed E-state index contributed by atoms with van der Waals surface area (Å²) in [5.41, 5.74) is 0.908. The number of carbonyl (C=O) groups is 2. The average molecular weight is 321 g/mol. The molecule has 1 aromatic rings. The van der Waals surface area contributed by atoms with Gasteiger partial charge in [-0.1, -0.05) is 13.8 Å². The Bertz CT molecular complexity index is 540. The zero-order valence-corrected chi connectivity index (χ0v) is 14.2. The Kier molecular flexibility index (Phi) is 6.01. The summed E-state index contributed by atoms with van der Waals surface area (Å²) in [4.78, 5) is 26.0. The minimum Gasteiger partial charge on any atom is -0.338 e. The number of aromatic nitrogens is 2. The monoisotopic (exact) mass is 321 g/mol. The van der Waals surface area contributed by atoms with Crippen LogP contribution in [0.5, 0.6) is 0 Å². The van der Waals surface area contributed by atoms with Gasteiger partial charge in [0, 0.05) is 37.8 Å². The summed E-state index contributed by atoms with van der Waals surface area (Å²) in [7, 11) is 0. The number of piperidine rings is 1. The third kappa shape index (κ3) is 5.58. The van der Waals surface area contributed by atoms with Crippen LogP contribution < -0.4 is 10.6 Å². The van der Waals surface area contributed by atoms with Gasteiger partial charge in [0.05, 0.1) is 0 Å². The summed E-state index contributed by atoms with van der Waals surface area (Å²) >= 11 is 0. The van der Waals surface area contributed by atoms with E-state index in [2.05, 4.69) is 34.7 Å². The van der Waals surface area contributed by atoms with E-state index in [4.69, 9.17) is 0 Å². The van der Waals surface area contributed by atoms with Crippen LogP contribution in [0.15, 0.2) is 6.07 Å². The number of urea groups is 1. The fourth-order valence-corrected chi connectivity index (χ4v) is 2.76. The molecule has 1 aromatic heterocycles. The molecule has 1 saturated heterocycles. The van der Waals surface area contributed by atoms with Crippen molar-refractivity contribution in [2.24, 2.45) is 11.8 Å². The van der Waals surface area contributed by atoms with Gasteiger partial charge in [-0.05, 0) is 31.6 Å². The van der Waals surface area contributed by atoms with Gasteiger partial charge in [-0.2, -0.15) is 5.10 Å². The van der Waals surface area contributed by atoms with Gasteiger partial charge in [0.1, 0.15) is 0 Å². The van der Waals surface area contributed by atoms with Crippen molar-refractivity contribution in [3.8, 4) is 0 Å². The lowest BCUT2D eigenvalue weighted by Gasteiger charge is -2.32. The second-order valence-electron chi connectivity index (χ2n) is 6.72. The summed E-state index contributed by atoms with van der Waals surface area (Å²) in [6.45, 7) is 8.11. The zero-order chi connectivity index (χ0) is 16.8. The number of likely N-dealkylation sites (tertiary alicyclic amines) is 1. The van der Waals surface area contributed by atoms with Crippen molar-refractivity contribution in [2.45, 2.75) is 40.0 Å². The van der Waals surface area contributed by atoms with E-state index in [1.165, 1.54) is 0 Å². The predicted molar refractivity (Wildman–Crippen MR) is 89.1 cm³/mol. The number of H-pyrrole nitrogens is 1. The molecule has 7 nitrogen and oxygen atoms in total. The highest BCUT2D eigenvalue weighted by Gasteiger charge is 2.25. The van der Waals surface area contributed by atoms with Crippen molar-refractivity contribution in [2.75, 3.05) is 25.0 Å². The molecule has 0 bridgehead atoms. The lowest BCUT2D eigenvalue weighted by Crippen LogP contribution is -2.46. The average Bonchev–Trinajstić information content (AvgIpc) is 2.89. The van der Waals surface area contributed by atoms with E-state index in [0.29, 0.717) is 31.2 Å². The number of anilines is 1. The molecule has 3 N–H and O–H groups in total. The first kappa shape index (κ1) is 17.3. The van der Waals surface area contributed by atoms with Crippen LogP contribution in [-0.4, -0.2) is 46.7 Å². The molecule has 3 amide bonds. The topological polar surface area (TPSA) is 90.1 Å². The maximum Gasteiger partial charge on any atom is 0.317 e. The van der Waals surface area contributed by atoms with E-state index < -0.39 is 0 Å². The lowest BCUT2D eigenvalue weighted by atomic mass is 9.94. The highest BCUT2D eigenvalue weighted by molar-refractivity contribution is 5.90. The van der Waals surface area contributed by atoms with Gasteiger partial charge in [-0.3, -0.25) is 9.89 Å². The van der Waals surface area contributed by atoms with Crippen LogP contribution in [0.1, 0.15) is 38.8 Å². The summed E-state index contributed by atoms with van der Waals surface area (Å²) < 4.78 is 0. The van der Waals surface area contributed by atoms with E-state index in [-0.39, 0.29) is 17.9 Å². The molecule has 128 valence electrons. The van der Waals surface area contributed by atoms with Crippen LogP contribution in [0.3, 0.4) is 0 Å². The Hall–Kier alpha value is -2.05. The van der Waals surface area contributed by atoms with E-state index in [1.807, 2.05) is 11.8 Å². The first-order chi connectivity index (χ1) is 10.9. The molecule has 0 radical (unpaired) electrons. The van der Waals surface area contributed by atoms with Gasteiger partial charge in [-0.25, -0.2) is 4.79 Å². The molecular weight excluding hydrogens is 294 g/mol. The Morgan fingerprint density at radius 3 is 2.91 bits per heavy atom. The minimum absolute atomic E-state index is 0.0215. The van der Waals surface area contributed by atoms with Gasteiger partial charge < -0.3 is 15.5 Å². The molecule has 7 heteroatoms. The maximum absolute atomic E-state index is 12.1. The summed E-state index contributed by atoms with van der Waals surface area (Å²) in [5, 5.41) is 12.5. The second kappa shape index (κ2) is 7.99. The van der Waals surface area contributed by atoms with Crippen LogP contribution in [0.4, 0.5) is 10.6 Å². The number of aromatic amines is 1. The molecule has 1 fully saturated rings. The molecule has 0 aliphatic carbocycles. The molecule has 23 heavy (non-hydrogen) atoms. The normalized spacial score (nSPS) is 18.1. The molecule has 0 saturated carbocycles. The molecule has 1 atom stereocenters. The molecular formula is C16H27N5O2. The number of nitrogens with one attached hydrogen (secondary N) is 3. The van der Waals surface area contributed by atoms with Crippen LogP contribution in [0.25, 0.3) is 0 Å². The fourth-order valence-electron chi connectivity index (χ4n) is 2.76. The van der Waals surface area contributed by atoms with Gasteiger partial charge in [0.15, 0.2) is 5.82 Å².